The van der Waals surface area contributed by atoms with Crippen molar-refractivity contribution in [2.24, 2.45) is 0 Å². The van der Waals surface area contributed by atoms with Crippen LogP contribution in [0.3, 0.4) is 0 Å². The molecule has 0 aromatic carbocycles. The summed E-state index contributed by atoms with van der Waals surface area (Å²) >= 11 is 0. The molecule has 0 aromatic heterocycles. The first-order valence-corrected chi connectivity index (χ1v) is 2.96. The number of aliphatic carboxylic acids is 1. The molecule has 0 spiro atoms. The molecule has 0 aliphatic carbocycles. The number of hydrogen-bond donors (Lipinski definition) is 0. The summed E-state index contributed by atoms with van der Waals surface area (Å²) in [5.41, 5.74) is 0. The molecule has 0 saturated heterocycles. The van der Waals surface area contributed by atoms with Crippen molar-refractivity contribution in [1.29, 1.82) is 0 Å². The summed E-state index contributed by atoms with van der Waals surface area (Å²) in [6.07, 6.45) is 0.259. The van der Waals surface area contributed by atoms with Crippen molar-refractivity contribution < 1.29 is 19.4 Å². The van der Waals surface area contributed by atoms with Crippen LogP contribution in [0.25, 0.3) is 0 Å². The zero-order chi connectivity index (χ0) is 7.98. The van der Waals surface area contributed by atoms with E-state index < -0.39 is 11.9 Å². The lowest BCUT2D eigenvalue weighted by molar-refractivity contribution is -0.305. The summed E-state index contributed by atoms with van der Waals surface area (Å²) in [7, 11) is 0. The van der Waals surface area contributed by atoms with Crippen molar-refractivity contribution in [3.05, 3.63) is 0 Å². The molecule has 0 unspecified atom stereocenters. The topological polar surface area (TPSA) is 66.4 Å². The molecule has 0 bridgehead atoms. The fourth-order valence-corrected chi connectivity index (χ4v) is 0.432. The molecule has 0 fully saturated rings. The second-order valence-corrected chi connectivity index (χ2v) is 1.82. The number of carboxylic acid groups (broad SMARTS) is 1. The average Bonchev–Trinajstić information content (AvgIpc) is 1.79. The normalized spacial score (nSPS) is 8.90. The molecule has 0 amide bonds. The maximum absolute atomic E-state index is 10.1. The maximum atomic E-state index is 10.1. The molecule has 0 aromatic rings. The molecular formula is C6H9O4-. The van der Waals surface area contributed by atoms with Crippen LogP contribution in [0.15, 0.2) is 0 Å². The van der Waals surface area contributed by atoms with Crippen molar-refractivity contribution >= 4 is 11.9 Å². The summed E-state index contributed by atoms with van der Waals surface area (Å²) in [5, 5.41) is 9.79. The first kappa shape index (κ1) is 8.94. The van der Waals surface area contributed by atoms with Gasteiger partial charge in [0.05, 0.1) is 6.61 Å². The smallest absolute Gasteiger partial charge is 0.302 e. The Balaban J connectivity index is 3.06. The Hall–Kier alpha value is -1.06. The Kier molecular flexibility index (Phi) is 4.28. The summed E-state index contributed by atoms with van der Waals surface area (Å²) in [6.45, 7) is 1.43. The number of esters is 1. The molecule has 10 heavy (non-hydrogen) atoms. The van der Waals surface area contributed by atoms with Crippen LogP contribution in [0, 0.1) is 0 Å². The Morgan fingerprint density at radius 3 is 2.50 bits per heavy atom. The first-order valence-electron chi connectivity index (χ1n) is 2.96. The Morgan fingerprint density at radius 2 is 2.10 bits per heavy atom. The van der Waals surface area contributed by atoms with Crippen LogP contribution >= 0.6 is 0 Å². The van der Waals surface area contributed by atoms with Crippen LogP contribution in [-0.2, 0) is 14.3 Å². The van der Waals surface area contributed by atoms with E-state index in [1.165, 1.54) is 6.92 Å². The summed E-state index contributed by atoms with van der Waals surface area (Å²) in [4.78, 5) is 19.9. The van der Waals surface area contributed by atoms with E-state index in [2.05, 4.69) is 4.74 Å². The number of ether oxygens (including phenoxy) is 1. The third-order valence-corrected chi connectivity index (χ3v) is 0.831. The fraction of sp³-hybridized carbons (Fsp3) is 0.667. The van der Waals surface area contributed by atoms with Gasteiger partial charge >= 0.3 is 5.97 Å². The van der Waals surface area contributed by atoms with Crippen molar-refractivity contribution in [2.45, 2.75) is 19.8 Å². The van der Waals surface area contributed by atoms with Gasteiger partial charge in [-0.3, -0.25) is 4.79 Å². The third kappa shape index (κ3) is 6.94. The monoisotopic (exact) mass is 145 g/mol. The SMILES string of the molecule is CC(=O)OCCCC(=O)[O-]. The maximum Gasteiger partial charge on any atom is 0.302 e. The minimum Gasteiger partial charge on any atom is -0.550 e. The van der Waals surface area contributed by atoms with Gasteiger partial charge in [0.25, 0.3) is 0 Å². The van der Waals surface area contributed by atoms with Crippen molar-refractivity contribution in [3.8, 4) is 0 Å². The van der Waals surface area contributed by atoms with Gasteiger partial charge in [-0.25, -0.2) is 0 Å². The molecule has 0 heterocycles. The first-order chi connectivity index (χ1) is 4.63. The highest BCUT2D eigenvalue weighted by Gasteiger charge is 1.91. The molecule has 0 rings (SSSR count). The van der Waals surface area contributed by atoms with Gasteiger partial charge in [0.2, 0.25) is 0 Å². The third-order valence-electron chi connectivity index (χ3n) is 0.831. The van der Waals surface area contributed by atoms with Gasteiger partial charge in [0, 0.05) is 12.9 Å². The van der Waals surface area contributed by atoms with Gasteiger partial charge in [0.15, 0.2) is 0 Å². The van der Waals surface area contributed by atoms with Crippen molar-refractivity contribution in [1.82, 2.24) is 0 Å². The van der Waals surface area contributed by atoms with Crippen LogP contribution in [-0.4, -0.2) is 18.5 Å². The Bertz CT molecular complexity index is 114. The molecule has 4 heteroatoms. The molecule has 58 valence electrons. The number of rotatable bonds is 4. The molecule has 0 aliphatic rings. The average molecular weight is 145 g/mol. The molecule has 0 radical (unpaired) electrons. The molecule has 0 aliphatic heterocycles. The lowest BCUT2D eigenvalue weighted by Gasteiger charge is -2.01. The molecule has 0 saturated carbocycles. The molecule has 0 atom stereocenters. The largest absolute Gasteiger partial charge is 0.550 e. The quantitative estimate of drug-likeness (QED) is 0.379. The predicted octanol–water partition coefficient (Wildman–Crippen LogP) is -0.920. The lowest BCUT2D eigenvalue weighted by atomic mass is 10.3. The number of hydrogen-bond acceptors (Lipinski definition) is 4. The number of carboxylic acids is 1. The zero-order valence-corrected chi connectivity index (χ0v) is 5.75. The van der Waals surface area contributed by atoms with E-state index in [-0.39, 0.29) is 13.0 Å². The molecular weight excluding hydrogens is 136 g/mol. The van der Waals surface area contributed by atoms with Crippen LogP contribution in [0.5, 0.6) is 0 Å². The standard InChI is InChI=1S/C6H10O4/c1-5(7)10-4-2-3-6(8)9/h2-4H2,1H3,(H,8,9)/p-1. The van der Waals surface area contributed by atoms with Crippen molar-refractivity contribution in [3.63, 3.8) is 0 Å². The number of carbonyl (C=O) groups excluding carboxylic acids is 2. The highest BCUT2D eigenvalue weighted by Crippen LogP contribution is 1.88. The Morgan fingerprint density at radius 1 is 1.50 bits per heavy atom. The predicted molar refractivity (Wildman–Crippen MR) is 30.9 cm³/mol. The van der Waals surface area contributed by atoms with E-state index in [0.717, 1.165) is 0 Å². The minimum atomic E-state index is -1.12. The molecule has 4 nitrogen and oxygen atoms in total. The minimum absolute atomic E-state index is 0.0622. The van der Waals surface area contributed by atoms with Gasteiger partial charge < -0.3 is 14.6 Å². The van der Waals surface area contributed by atoms with Crippen LogP contribution in [0.2, 0.25) is 0 Å². The highest BCUT2D eigenvalue weighted by molar-refractivity contribution is 5.66. The zero-order valence-electron chi connectivity index (χ0n) is 5.75. The highest BCUT2D eigenvalue weighted by atomic mass is 16.5. The van der Waals surface area contributed by atoms with E-state index in [1.807, 2.05) is 0 Å². The van der Waals surface area contributed by atoms with E-state index in [4.69, 9.17) is 0 Å². The summed E-state index contributed by atoms with van der Waals surface area (Å²) in [6, 6.07) is 0. The lowest BCUT2D eigenvalue weighted by Crippen LogP contribution is -2.22. The van der Waals surface area contributed by atoms with Crippen LogP contribution < -0.4 is 5.11 Å². The van der Waals surface area contributed by atoms with Gasteiger partial charge in [-0.05, 0) is 12.8 Å². The second kappa shape index (κ2) is 4.78. The van der Waals surface area contributed by atoms with Crippen molar-refractivity contribution in [2.75, 3.05) is 6.61 Å². The van der Waals surface area contributed by atoms with Gasteiger partial charge in [-0.2, -0.15) is 0 Å². The van der Waals surface area contributed by atoms with Gasteiger partial charge in [0.1, 0.15) is 0 Å². The van der Waals surface area contributed by atoms with E-state index in [0.29, 0.717) is 6.42 Å². The van der Waals surface area contributed by atoms with Gasteiger partial charge in [-0.15, -0.1) is 0 Å². The summed E-state index contributed by atoms with van der Waals surface area (Å²) < 4.78 is 4.46. The summed E-state index contributed by atoms with van der Waals surface area (Å²) in [5.74, 6) is -1.51. The van der Waals surface area contributed by atoms with E-state index >= 15 is 0 Å². The second-order valence-electron chi connectivity index (χ2n) is 1.82. The van der Waals surface area contributed by atoms with Gasteiger partial charge in [-0.1, -0.05) is 0 Å². The van der Waals surface area contributed by atoms with Crippen LogP contribution in [0.4, 0.5) is 0 Å². The Labute approximate surface area is 58.8 Å². The van der Waals surface area contributed by atoms with E-state index in [9.17, 15) is 14.7 Å². The number of carbonyl (C=O) groups is 2. The van der Waals surface area contributed by atoms with Crippen LogP contribution in [0.1, 0.15) is 19.8 Å². The fourth-order valence-electron chi connectivity index (χ4n) is 0.432. The molecule has 0 N–H and O–H groups in total. The van der Waals surface area contributed by atoms with E-state index in [1.54, 1.807) is 0 Å².